The highest BCUT2D eigenvalue weighted by atomic mass is 19.1. The topological polar surface area (TPSA) is 68.0 Å². The Labute approximate surface area is 102 Å². The molecule has 0 fully saturated rings. The molecule has 5 nitrogen and oxygen atoms in total. The van der Waals surface area contributed by atoms with Gasteiger partial charge in [-0.1, -0.05) is 0 Å². The van der Waals surface area contributed by atoms with Gasteiger partial charge in [0.2, 0.25) is 5.88 Å². The molecule has 0 saturated heterocycles. The first-order chi connectivity index (χ1) is 8.72. The minimum absolute atomic E-state index is 0.0297. The van der Waals surface area contributed by atoms with E-state index in [2.05, 4.69) is 9.97 Å². The van der Waals surface area contributed by atoms with E-state index in [9.17, 15) is 4.39 Å². The monoisotopic (exact) mass is 245 g/mol. The van der Waals surface area contributed by atoms with Gasteiger partial charge in [-0.2, -0.15) is 10.2 Å². The van der Waals surface area contributed by atoms with Crippen LogP contribution in [0.3, 0.4) is 0 Å². The van der Waals surface area contributed by atoms with Crippen molar-refractivity contribution < 1.29 is 13.9 Å². The quantitative estimate of drug-likeness (QED) is 0.829. The number of hydrogen-bond donors (Lipinski definition) is 0. The standard InChI is InChI=1S/C12H8FN3O2/c1-17-11-4-5-15-12(16-11)18-10-3-2-8(7-14)6-9(10)13/h2-6H,1H3. The van der Waals surface area contributed by atoms with Gasteiger partial charge in [-0.15, -0.1) is 0 Å². The first kappa shape index (κ1) is 11.8. The highest BCUT2D eigenvalue weighted by molar-refractivity contribution is 5.37. The fourth-order valence-corrected chi connectivity index (χ4v) is 1.24. The molecule has 2 rings (SSSR count). The Balaban J connectivity index is 2.26. The molecule has 0 radical (unpaired) electrons. The summed E-state index contributed by atoms with van der Waals surface area (Å²) < 4.78 is 23.6. The summed E-state index contributed by atoms with van der Waals surface area (Å²) in [6, 6.07) is 7.21. The molecule has 1 heterocycles. The lowest BCUT2D eigenvalue weighted by atomic mass is 10.2. The van der Waals surface area contributed by atoms with Crippen molar-refractivity contribution in [2.24, 2.45) is 0 Å². The van der Waals surface area contributed by atoms with Crippen LogP contribution in [0.5, 0.6) is 17.6 Å². The van der Waals surface area contributed by atoms with Gasteiger partial charge in [-0.05, 0) is 18.2 Å². The molecule has 0 aliphatic heterocycles. The zero-order valence-electron chi connectivity index (χ0n) is 9.42. The van der Waals surface area contributed by atoms with Gasteiger partial charge in [-0.25, -0.2) is 9.37 Å². The molecule has 1 aromatic heterocycles. The maximum absolute atomic E-state index is 13.5. The second kappa shape index (κ2) is 5.10. The number of benzene rings is 1. The number of rotatable bonds is 3. The first-order valence-electron chi connectivity index (χ1n) is 4.97. The summed E-state index contributed by atoms with van der Waals surface area (Å²) in [5, 5.41) is 8.61. The van der Waals surface area contributed by atoms with E-state index in [1.165, 1.54) is 25.4 Å². The van der Waals surface area contributed by atoms with Crippen LogP contribution in [0.25, 0.3) is 0 Å². The van der Waals surface area contributed by atoms with Gasteiger partial charge >= 0.3 is 6.01 Å². The summed E-state index contributed by atoms with van der Waals surface area (Å²) in [6.07, 6.45) is 1.43. The molecular weight excluding hydrogens is 237 g/mol. The molecule has 90 valence electrons. The lowest BCUT2D eigenvalue weighted by Gasteiger charge is -2.05. The predicted octanol–water partition coefficient (Wildman–Crippen LogP) is 2.29. The van der Waals surface area contributed by atoms with Crippen LogP contribution in [-0.2, 0) is 0 Å². The Morgan fingerprint density at radius 3 is 2.83 bits per heavy atom. The lowest BCUT2D eigenvalue weighted by Crippen LogP contribution is -1.96. The minimum Gasteiger partial charge on any atom is -0.481 e. The van der Waals surface area contributed by atoms with Crippen molar-refractivity contribution in [1.29, 1.82) is 5.26 Å². The summed E-state index contributed by atoms with van der Waals surface area (Å²) >= 11 is 0. The molecule has 0 N–H and O–H groups in total. The van der Waals surface area contributed by atoms with Crippen LogP contribution in [0, 0.1) is 17.1 Å². The fraction of sp³-hybridized carbons (Fsp3) is 0.0833. The average Bonchev–Trinajstić information content (AvgIpc) is 2.41. The van der Waals surface area contributed by atoms with Gasteiger partial charge in [0.25, 0.3) is 0 Å². The average molecular weight is 245 g/mol. The Bertz CT molecular complexity index is 611. The van der Waals surface area contributed by atoms with Crippen LogP contribution in [0.1, 0.15) is 5.56 Å². The zero-order chi connectivity index (χ0) is 13.0. The van der Waals surface area contributed by atoms with Gasteiger partial charge in [0, 0.05) is 12.3 Å². The molecule has 0 spiro atoms. The van der Waals surface area contributed by atoms with Crippen LogP contribution in [0.15, 0.2) is 30.5 Å². The first-order valence-corrected chi connectivity index (χ1v) is 4.97. The van der Waals surface area contributed by atoms with Crippen LogP contribution in [0.4, 0.5) is 4.39 Å². The molecule has 18 heavy (non-hydrogen) atoms. The van der Waals surface area contributed by atoms with E-state index in [1.54, 1.807) is 6.07 Å². The van der Waals surface area contributed by atoms with Crippen molar-refractivity contribution >= 4 is 0 Å². The van der Waals surface area contributed by atoms with Gasteiger partial charge in [0.05, 0.1) is 18.7 Å². The number of nitriles is 1. The molecule has 0 saturated carbocycles. The predicted molar refractivity (Wildman–Crippen MR) is 59.8 cm³/mol. The van der Waals surface area contributed by atoms with Crippen LogP contribution in [-0.4, -0.2) is 17.1 Å². The summed E-state index contributed by atoms with van der Waals surface area (Å²) in [5.74, 6) is -0.392. The summed E-state index contributed by atoms with van der Waals surface area (Å²) in [6.45, 7) is 0. The number of halogens is 1. The van der Waals surface area contributed by atoms with Gasteiger partial charge in [0.15, 0.2) is 11.6 Å². The van der Waals surface area contributed by atoms with Gasteiger partial charge in [-0.3, -0.25) is 0 Å². The van der Waals surface area contributed by atoms with Crippen molar-refractivity contribution in [2.45, 2.75) is 0 Å². The van der Waals surface area contributed by atoms with Crippen LogP contribution in [0.2, 0.25) is 0 Å². The summed E-state index contributed by atoms with van der Waals surface area (Å²) in [4.78, 5) is 7.70. The lowest BCUT2D eigenvalue weighted by molar-refractivity contribution is 0.369. The van der Waals surface area contributed by atoms with Crippen molar-refractivity contribution in [3.8, 4) is 23.7 Å². The number of hydrogen-bond acceptors (Lipinski definition) is 5. The molecule has 1 aromatic carbocycles. The zero-order valence-corrected chi connectivity index (χ0v) is 9.42. The molecule has 0 aliphatic rings. The third-order valence-corrected chi connectivity index (χ3v) is 2.08. The normalized spacial score (nSPS) is 9.61. The molecule has 6 heteroatoms. The summed E-state index contributed by atoms with van der Waals surface area (Å²) in [7, 11) is 1.45. The molecular formula is C12H8FN3O2. The number of aromatic nitrogens is 2. The SMILES string of the molecule is COc1ccnc(Oc2ccc(C#N)cc2F)n1. The van der Waals surface area contributed by atoms with Crippen LogP contribution < -0.4 is 9.47 Å². The number of ether oxygens (including phenoxy) is 2. The van der Waals surface area contributed by atoms with Crippen molar-refractivity contribution in [2.75, 3.05) is 7.11 Å². The third kappa shape index (κ3) is 2.52. The second-order valence-corrected chi connectivity index (χ2v) is 3.24. The van der Waals surface area contributed by atoms with E-state index >= 15 is 0 Å². The van der Waals surface area contributed by atoms with Crippen molar-refractivity contribution in [3.05, 3.63) is 41.8 Å². The van der Waals surface area contributed by atoms with E-state index in [1.807, 2.05) is 6.07 Å². The molecule has 2 aromatic rings. The largest absolute Gasteiger partial charge is 0.481 e. The van der Waals surface area contributed by atoms with Gasteiger partial charge < -0.3 is 9.47 Å². The molecule has 0 atom stereocenters. The van der Waals surface area contributed by atoms with E-state index in [4.69, 9.17) is 14.7 Å². The molecule has 0 unspecified atom stereocenters. The van der Waals surface area contributed by atoms with Crippen molar-refractivity contribution in [1.82, 2.24) is 9.97 Å². The Morgan fingerprint density at radius 1 is 1.33 bits per heavy atom. The molecule has 0 amide bonds. The van der Waals surface area contributed by atoms with E-state index in [0.717, 1.165) is 6.07 Å². The van der Waals surface area contributed by atoms with E-state index in [0.29, 0.717) is 5.88 Å². The minimum atomic E-state index is -0.652. The Kier molecular flexibility index (Phi) is 3.34. The third-order valence-electron chi connectivity index (χ3n) is 2.08. The second-order valence-electron chi connectivity index (χ2n) is 3.24. The maximum atomic E-state index is 13.5. The number of nitrogens with zero attached hydrogens (tertiary/aromatic N) is 3. The van der Waals surface area contributed by atoms with E-state index in [-0.39, 0.29) is 17.3 Å². The molecule has 0 bridgehead atoms. The highest BCUT2D eigenvalue weighted by Crippen LogP contribution is 2.23. The van der Waals surface area contributed by atoms with E-state index < -0.39 is 5.82 Å². The fourth-order valence-electron chi connectivity index (χ4n) is 1.24. The number of methoxy groups -OCH3 is 1. The van der Waals surface area contributed by atoms with Crippen molar-refractivity contribution in [3.63, 3.8) is 0 Å². The summed E-state index contributed by atoms with van der Waals surface area (Å²) in [5.41, 5.74) is 0.214. The molecule has 0 aliphatic carbocycles. The maximum Gasteiger partial charge on any atom is 0.325 e. The Morgan fingerprint density at radius 2 is 2.17 bits per heavy atom. The van der Waals surface area contributed by atoms with Gasteiger partial charge in [0.1, 0.15) is 0 Å². The Hall–Kier alpha value is -2.68. The smallest absolute Gasteiger partial charge is 0.325 e. The highest BCUT2D eigenvalue weighted by Gasteiger charge is 2.08. The van der Waals surface area contributed by atoms with Crippen LogP contribution >= 0.6 is 0 Å².